The Morgan fingerprint density at radius 2 is 2.22 bits per heavy atom. The summed E-state index contributed by atoms with van der Waals surface area (Å²) in [5, 5.41) is 24.2. The van der Waals surface area contributed by atoms with Crippen LogP contribution in [0, 0.1) is 0 Å². The summed E-state index contributed by atoms with van der Waals surface area (Å²) in [6.07, 6.45) is 2.70. The molecule has 3 heterocycles. The van der Waals surface area contributed by atoms with Crippen LogP contribution in [0.5, 0.6) is 5.88 Å². The maximum absolute atomic E-state index is 10.1. The molecule has 0 spiro atoms. The summed E-state index contributed by atoms with van der Waals surface area (Å²) < 4.78 is 19.5. The fourth-order valence-corrected chi connectivity index (χ4v) is 3.82. The van der Waals surface area contributed by atoms with Crippen molar-refractivity contribution in [3.05, 3.63) is 23.4 Å². The summed E-state index contributed by atoms with van der Waals surface area (Å²) in [4.78, 5) is 0. The lowest BCUT2D eigenvalue weighted by Crippen LogP contribution is -2.40. The summed E-state index contributed by atoms with van der Waals surface area (Å²) in [5.41, 5.74) is 3.36. The Kier molecular flexibility index (Phi) is 6.92. The van der Waals surface area contributed by atoms with E-state index in [1.165, 1.54) is 0 Å². The van der Waals surface area contributed by atoms with Gasteiger partial charge in [-0.25, -0.2) is 0 Å². The lowest BCUT2D eigenvalue weighted by atomic mass is 10.0. The first-order chi connectivity index (χ1) is 13.0. The van der Waals surface area contributed by atoms with E-state index in [1.54, 1.807) is 0 Å². The van der Waals surface area contributed by atoms with Crippen LogP contribution in [0.25, 0.3) is 0 Å². The number of hydrogen-bond donors (Lipinski definition) is 2. The molecule has 4 unspecified atom stereocenters. The lowest BCUT2D eigenvalue weighted by Gasteiger charge is -2.31. The van der Waals surface area contributed by atoms with Gasteiger partial charge in [-0.1, -0.05) is 12.5 Å². The number of aromatic nitrogens is 2. The van der Waals surface area contributed by atoms with Crippen LogP contribution in [0.3, 0.4) is 0 Å². The zero-order chi connectivity index (χ0) is 19.4. The Hall–Kier alpha value is -1.41. The average Bonchev–Trinajstić information content (AvgIpc) is 3.26. The Labute approximate surface area is 160 Å². The Balaban J connectivity index is 1.86. The van der Waals surface area contributed by atoms with Gasteiger partial charge in [-0.3, -0.25) is 4.68 Å². The average molecular weight is 380 g/mol. The number of rotatable bonds is 8. The van der Waals surface area contributed by atoms with E-state index in [0.717, 1.165) is 49.1 Å². The minimum absolute atomic E-state index is 0.131. The van der Waals surface area contributed by atoms with Crippen LogP contribution < -0.4 is 4.74 Å². The van der Waals surface area contributed by atoms with Crippen molar-refractivity contribution in [1.29, 1.82) is 0 Å². The summed E-state index contributed by atoms with van der Waals surface area (Å²) in [6, 6.07) is 0.226. The van der Waals surface area contributed by atoms with Gasteiger partial charge < -0.3 is 24.4 Å². The van der Waals surface area contributed by atoms with Gasteiger partial charge in [0, 0.05) is 30.7 Å². The van der Waals surface area contributed by atoms with Crippen LogP contribution in [0.15, 0.2) is 12.2 Å². The van der Waals surface area contributed by atoms with Crippen molar-refractivity contribution in [2.45, 2.75) is 76.9 Å². The third-order valence-electron chi connectivity index (χ3n) is 5.26. The quantitative estimate of drug-likeness (QED) is 0.672. The molecular weight excluding hydrogens is 348 g/mol. The molecule has 27 heavy (non-hydrogen) atoms. The van der Waals surface area contributed by atoms with Gasteiger partial charge in [0.2, 0.25) is 12.2 Å². The van der Waals surface area contributed by atoms with Crippen LogP contribution in [0.2, 0.25) is 0 Å². The first-order valence-electron chi connectivity index (χ1n) is 9.95. The van der Waals surface area contributed by atoms with Crippen LogP contribution in [0.4, 0.5) is 0 Å². The Morgan fingerprint density at radius 1 is 1.41 bits per heavy atom. The van der Waals surface area contributed by atoms with Gasteiger partial charge in [-0.2, -0.15) is 0 Å². The van der Waals surface area contributed by atoms with E-state index in [1.807, 2.05) is 6.92 Å². The fraction of sp³-hybridized carbons (Fsp3) is 0.750. The highest BCUT2D eigenvalue weighted by atomic mass is 16.7. The Bertz CT molecular complexity index is 639. The highest BCUT2D eigenvalue weighted by Gasteiger charge is 2.32. The molecule has 0 saturated carbocycles. The van der Waals surface area contributed by atoms with E-state index in [4.69, 9.17) is 19.3 Å². The second kappa shape index (κ2) is 9.19. The van der Waals surface area contributed by atoms with Crippen molar-refractivity contribution in [2.24, 2.45) is 0 Å². The number of hydrogen-bond acceptors (Lipinski definition) is 6. The molecule has 0 aliphatic carbocycles. The van der Waals surface area contributed by atoms with Gasteiger partial charge in [0.25, 0.3) is 0 Å². The fourth-order valence-electron chi connectivity index (χ4n) is 3.82. The molecule has 2 aliphatic heterocycles. The van der Waals surface area contributed by atoms with E-state index < -0.39 is 18.5 Å². The van der Waals surface area contributed by atoms with Crippen LogP contribution in [-0.4, -0.2) is 58.3 Å². The van der Waals surface area contributed by atoms with Gasteiger partial charge in [0.05, 0.1) is 31.5 Å². The molecule has 0 aromatic carbocycles. The third-order valence-corrected chi connectivity index (χ3v) is 5.26. The number of nitrogens with zero attached hydrogens (tertiary/aromatic N) is 2. The molecule has 152 valence electrons. The number of ether oxygens (including phenoxy) is 3. The monoisotopic (exact) mass is 380 g/mol. The van der Waals surface area contributed by atoms with Crippen molar-refractivity contribution >= 4 is 0 Å². The predicted molar refractivity (Wildman–Crippen MR) is 101 cm³/mol. The predicted octanol–water partition coefficient (Wildman–Crippen LogP) is 2.15. The molecule has 2 aliphatic rings. The van der Waals surface area contributed by atoms with Gasteiger partial charge in [0.15, 0.2) is 0 Å². The maximum Gasteiger partial charge on any atom is 0.238 e. The minimum atomic E-state index is -0.609. The van der Waals surface area contributed by atoms with Crippen molar-refractivity contribution < 1.29 is 24.4 Å². The van der Waals surface area contributed by atoms with Gasteiger partial charge in [0.1, 0.15) is 0 Å². The molecule has 2 saturated heterocycles. The van der Waals surface area contributed by atoms with E-state index in [-0.39, 0.29) is 12.6 Å². The molecule has 0 bridgehead atoms. The van der Waals surface area contributed by atoms with Crippen LogP contribution in [-0.2, 0) is 22.3 Å². The second-order valence-corrected chi connectivity index (χ2v) is 7.62. The standard InChI is InChI=1S/C20H32N2O5/c1-4-18-17(6-5-13(2)3)20(21-22(18)14-7-8-25-12-14)27-19-10-15(24)9-16(11-23)26-19/h14-16,19,23-24H,2,4-12H2,1,3H3. The Morgan fingerprint density at radius 3 is 2.85 bits per heavy atom. The van der Waals surface area contributed by atoms with Crippen molar-refractivity contribution in [3.63, 3.8) is 0 Å². The normalized spacial score (nSPS) is 28.4. The zero-order valence-electron chi connectivity index (χ0n) is 16.4. The van der Waals surface area contributed by atoms with Gasteiger partial charge >= 0.3 is 0 Å². The van der Waals surface area contributed by atoms with Crippen molar-refractivity contribution in [2.75, 3.05) is 19.8 Å². The van der Waals surface area contributed by atoms with E-state index in [0.29, 0.717) is 25.3 Å². The molecule has 2 N–H and O–H groups in total. The lowest BCUT2D eigenvalue weighted by molar-refractivity contribution is -0.186. The largest absolute Gasteiger partial charge is 0.446 e. The SMILES string of the molecule is C=C(C)CCc1c(OC2CC(O)CC(CO)O2)nn(C2CCOC2)c1CC. The first kappa shape index (κ1) is 20.3. The molecule has 0 amide bonds. The minimum Gasteiger partial charge on any atom is -0.446 e. The number of aliphatic hydroxyl groups excluding tert-OH is 2. The topological polar surface area (TPSA) is 86.0 Å². The molecular formula is C20H32N2O5. The molecule has 7 heteroatoms. The van der Waals surface area contributed by atoms with Gasteiger partial charge in [-0.05, 0) is 32.6 Å². The van der Waals surface area contributed by atoms with Crippen LogP contribution >= 0.6 is 0 Å². The summed E-state index contributed by atoms with van der Waals surface area (Å²) >= 11 is 0. The van der Waals surface area contributed by atoms with Gasteiger partial charge in [-0.15, -0.1) is 11.7 Å². The smallest absolute Gasteiger partial charge is 0.238 e. The second-order valence-electron chi connectivity index (χ2n) is 7.62. The maximum atomic E-state index is 10.1. The zero-order valence-corrected chi connectivity index (χ0v) is 16.4. The molecule has 4 atom stereocenters. The molecule has 7 nitrogen and oxygen atoms in total. The molecule has 1 aromatic rings. The van der Waals surface area contributed by atoms with E-state index >= 15 is 0 Å². The summed E-state index contributed by atoms with van der Waals surface area (Å²) in [5.74, 6) is 0.566. The number of aliphatic hydroxyl groups is 2. The van der Waals surface area contributed by atoms with Crippen molar-refractivity contribution in [3.8, 4) is 5.88 Å². The van der Waals surface area contributed by atoms with Crippen molar-refractivity contribution in [1.82, 2.24) is 9.78 Å². The molecule has 2 fully saturated rings. The first-order valence-corrected chi connectivity index (χ1v) is 9.95. The van der Waals surface area contributed by atoms with E-state index in [9.17, 15) is 10.2 Å². The highest BCUT2D eigenvalue weighted by Crippen LogP contribution is 2.32. The van der Waals surface area contributed by atoms with Crippen LogP contribution in [0.1, 0.15) is 56.8 Å². The molecule has 0 radical (unpaired) electrons. The summed E-state index contributed by atoms with van der Waals surface area (Å²) in [7, 11) is 0. The highest BCUT2D eigenvalue weighted by molar-refractivity contribution is 5.33. The summed E-state index contributed by atoms with van der Waals surface area (Å²) in [6.45, 7) is 9.44. The third kappa shape index (κ3) is 4.90. The molecule has 1 aromatic heterocycles. The van der Waals surface area contributed by atoms with E-state index in [2.05, 4.69) is 18.2 Å². The number of allylic oxidation sites excluding steroid dienone is 1. The molecule has 3 rings (SSSR count).